The smallest absolute Gasteiger partial charge is 0.258 e. The van der Waals surface area contributed by atoms with Crippen LogP contribution in [0, 0.1) is 24.0 Å². The second-order valence-corrected chi connectivity index (χ2v) is 4.57. The summed E-state index contributed by atoms with van der Waals surface area (Å²) in [6, 6.07) is 4.85. The molecular formula is C11H10N2O2S. The van der Waals surface area contributed by atoms with E-state index in [4.69, 9.17) is 0 Å². The van der Waals surface area contributed by atoms with Crippen LogP contribution in [-0.4, -0.2) is 9.91 Å². The normalized spacial score (nSPS) is 10.4. The Morgan fingerprint density at radius 1 is 1.38 bits per heavy atom. The molecule has 0 aliphatic heterocycles. The van der Waals surface area contributed by atoms with E-state index in [2.05, 4.69) is 4.98 Å². The van der Waals surface area contributed by atoms with Crippen LogP contribution in [0.3, 0.4) is 0 Å². The third-order valence-corrected chi connectivity index (χ3v) is 3.18. The van der Waals surface area contributed by atoms with Crippen LogP contribution in [0.2, 0.25) is 0 Å². The average Bonchev–Trinajstić information content (AvgIpc) is 2.64. The summed E-state index contributed by atoms with van der Waals surface area (Å²) in [5, 5.41) is 10.6. The van der Waals surface area contributed by atoms with Gasteiger partial charge in [-0.15, -0.1) is 11.3 Å². The van der Waals surface area contributed by atoms with Crippen LogP contribution < -0.4 is 0 Å². The molecule has 0 aliphatic rings. The number of nitro groups is 1. The number of aryl methyl sites for hydroxylation is 2. The molecule has 0 unspecified atom stereocenters. The quantitative estimate of drug-likeness (QED) is 0.591. The predicted octanol–water partition coefficient (Wildman–Crippen LogP) is 3.34. The van der Waals surface area contributed by atoms with Crippen molar-refractivity contribution in [2.75, 3.05) is 0 Å². The van der Waals surface area contributed by atoms with Crippen molar-refractivity contribution in [1.82, 2.24) is 4.98 Å². The van der Waals surface area contributed by atoms with Crippen LogP contribution in [0.15, 0.2) is 23.7 Å². The van der Waals surface area contributed by atoms with Gasteiger partial charge < -0.3 is 0 Å². The van der Waals surface area contributed by atoms with Crippen molar-refractivity contribution in [2.24, 2.45) is 0 Å². The molecule has 4 nitrogen and oxygen atoms in total. The van der Waals surface area contributed by atoms with Crippen molar-refractivity contribution < 1.29 is 4.92 Å². The minimum Gasteiger partial charge on any atom is -0.258 e. The summed E-state index contributed by atoms with van der Waals surface area (Å²) < 4.78 is 0. The molecule has 0 bridgehead atoms. The molecule has 0 atom stereocenters. The van der Waals surface area contributed by atoms with Crippen molar-refractivity contribution >= 4 is 17.0 Å². The summed E-state index contributed by atoms with van der Waals surface area (Å²) in [5.41, 5.74) is 4.66. The monoisotopic (exact) mass is 234 g/mol. The van der Waals surface area contributed by atoms with E-state index in [1.165, 1.54) is 6.07 Å². The molecule has 82 valence electrons. The van der Waals surface area contributed by atoms with Gasteiger partial charge in [0.1, 0.15) is 0 Å². The second-order valence-electron chi connectivity index (χ2n) is 3.51. The molecular weight excluding hydrogens is 224 g/mol. The van der Waals surface area contributed by atoms with E-state index in [0.717, 1.165) is 21.7 Å². The molecule has 2 rings (SSSR count). The number of benzene rings is 1. The largest absolute Gasteiger partial charge is 0.269 e. The zero-order valence-corrected chi connectivity index (χ0v) is 9.75. The summed E-state index contributed by atoms with van der Waals surface area (Å²) in [6.45, 7) is 3.86. The van der Waals surface area contributed by atoms with Gasteiger partial charge in [0.2, 0.25) is 0 Å². The summed E-state index contributed by atoms with van der Waals surface area (Å²) >= 11 is 1.57. The van der Waals surface area contributed by atoms with Gasteiger partial charge in [0.15, 0.2) is 0 Å². The maximum absolute atomic E-state index is 10.6. The minimum absolute atomic E-state index is 0.120. The van der Waals surface area contributed by atoms with E-state index in [0.29, 0.717) is 0 Å². The van der Waals surface area contributed by atoms with Crippen LogP contribution in [-0.2, 0) is 0 Å². The van der Waals surface area contributed by atoms with Crippen LogP contribution in [0.4, 0.5) is 5.69 Å². The molecule has 0 saturated heterocycles. The van der Waals surface area contributed by atoms with E-state index in [9.17, 15) is 10.1 Å². The van der Waals surface area contributed by atoms with Crippen LogP contribution in [0.1, 0.15) is 10.4 Å². The van der Waals surface area contributed by atoms with E-state index >= 15 is 0 Å². The van der Waals surface area contributed by atoms with Crippen LogP contribution in [0.5, 0.6) is 0 Å². The average molecular weight is 234 g/mol. The highest BCUT2D eigenvalue weighted by Crippen LogP contribution is 2.29. The first-order chi connectivity index (χ1) is 7.59. The van der Waals surface area contributed by atoms with E-state index in [1.54, 1.807) is 29.0 Å². The topological polar surface area (TPSA) is 56.0 Å². The Morgan fingerprint density at radius 2 is 2.12 bits per heavy atom. The Balaban J connectivity index is 2.52. The Kier molecular flexibility index (Phi) is 2.70. The number of nitrogens with zero attached hydrogens (tertiary/aromatic N) is 2. The Hall–Kier alpha value is -1.75. The molecule has 1 aromatic carbocycles. The molecule has 1 aromatic heterocycles. The highest BCUT2D eigenvalue weighted by atomic mass is 32.1. The Morgan fingerprint density at radius 3 is 2.62 bits per heavy atom. The van der Waals surface area contributed by atoms with Gasteiger partial charge in [0, 0.05) is 22.6 Å². The zero-order valence-electron chi connectivity index (χ0n) is 8.93. The first-order valence-electron chi connectivity index (χ1n) is 4.75. The number of hydrogen-bond donors (Lipinski definition) is 0. The van der Waals surface area contributed by atoms with Gasteiger partial charge in [-0.1, -0.05) is 0 Å². The van der Waals surface area contributed by atoms with Gasteiger partial charge in [0.05, 0.1) is 16.1 Å². The molecule has 2 aromatic rings. The molecule has 0 fully saturated rings. The number of nitro benzene ring substituents is 1. The Bertz CT molecular complexity index is 549. The number of rotatable bonds is 2. The zero-order chi connectivity index (χ0) is 11.7. The molecule has 0 amide bonds. The van der Waals surface area contributed by atoms with Gasteiger partial charge in [0.25, 0.3) is 5.69 Å². The number of hydrogen-bond acceptors (Lipinski definition) is 4. The number of thiazole rings is 1. The van der Waals surface area contributed by atoms with Crippen LogP contribution >= 0.6 is 11.3 Å². The van der Waals surface area contributed by atoms with E-state index in [-0.39, 0.29) is 10.6 Å². The Labute approximate surface area is 96.7 Å². The molecule has 16 heavy (non-hydrogen) atoms. The molecule has 0 radical (unpaired) electrons. The van der Waals surface area contributed by atoms with Crippen molar-refractivity contribution in [3.8, 4) is 11.3 Å². The number of aromatic nitrogens is 1. The fourth-order valence-corrected chi connectivity index (χ4v) is 2.18. The molecule has 0 spiro atoms. The minimum atomic E-state index is -0.384. The van der Waals surface area contributed by atoms with Gasteiger partial charge in [-0.05, 0) is 25.5 Å². The molecule has 0 N–H and O–H groups in total. The first kappa shape index (κ1) is 10.8. The lowest BCUT2D eigenvalue weighted by Gasteiger charge is -2.03. The van der Waals surface area contributed by atoms with Crippen molar-refractivity contribution in [2.45, 2.75) is 13.8 Å². The standard InChI is InChI=1S/C11H10N2O2S/c1-7-5-9(13(14)15)3-4-10(7)11-8(2)16-6-12-11/h3-6H,1-2H3. The highest BCUT2D eigenvalue weighted by Gasteiger charge is 2.12. The first-order valence-corrected chi connectivity index (χ1v) is 5.63. The lowest BCUT2D eigenvalue weighted by atomic mass is 10.0. The van der Waals surface area contributed by atoms with E-state index in [1.807, 2.05) is 13.8 Å². The fourth-order valence-electron chi connectivity index (χ4n) is 1.59. The van der Waals surface area contributed by atoms with Gasteiger partial charge >= 0.3 is 0 Å². The summed E-state index contributed by atoms with van der Waals surface area (Å²) in [6.07, 6.45) is 0. The van der Waals surface area contributed by atoms with Crippen LogP contribution in [0.25, 0.3) is 11.3 Å². The summed E-state index contributed by atoms with van der Waals surface area (Å²) in [5.74, 6) is 0. The van der Waals surface area contributed by atoms with Gasteiger partial charge in [-0.3, -0.25) is 10.1 Å². The second kappa shape index (κ2) is 4.02. The van der Waals surface area contributed by atoms with Crippen molar-refractivity contribution in [1.29, 1.82) is 0 Å². The van der Waals surface area contributed by atoms with Gasteiger partial charge in [-0.25, -0.2) is 4.98 Å². The highest BCUT2D eigenvalue weighted by molar-refractivity contribution is 7.10. The maximum Gasteiger partial charge on any atom is 0.269 e. The summed E-state index contributed by atoms with van der Waals surface area (Å²) in [7, 11) is 0. The molecule has 1 heterocycles. The third-order valence-electron chi connectivity index (χ3n) is 2.42. The van der Waals surface area contributed by atoms with E-state index < -0.39 is 0 Å². The SMILES string of the molecule is Cc1cc([N+](=O)[O-])ccc1-c1ncsc1C. The maximum atomic E-state index is 10.6. The predicted molar refractivity (Wildman–Crippen MR) is 63.7 cm³/mol. The lowest BCUT2D eigenvalue weighted by Crippen LogP contribution is -1.91. The van der Waals surface area contributed by atoms with Crippen molar-refractivity contribution in [3.05, 3.63) is 44.3 Å². The van der Waals surface area contributed by atoms with Gasteiger partial charge in [-0.2, -0.15) is 0 Å². The number of non-ortho nitro benzene ring substituents is 1. The lowest BCUT2D eigenvalue weighted by molar-refractivity contribution is -0.384. The molecule has 0 aliphatic carbocycles. The fraction of sp³-hybridized carbons (Fsp3) is 0.182. The summed E-state index contributed by atoms with van der Waals surface area (Å²) in [4.78, 5) is 15.6. The van der Waals surface area contributed by atoms with Crippen molar-refractivity contribution in [3.63, 3.8) is 0 Å². The molecule has 0 saturated carbocycles. The third kappa shape index (κ3) is 1.81. The molecule has 5 heteroatoms.